The second kappa shape index (κ2) is 6.33. The molecule has 0 aliphatic carbocycles. The van der Waals surface area contributed by atoms with E-state index < -0.39 is 5.60 Å². The van der Waals surface area contributed by atoms with Gasteiger partial charge < -0.3 is 9.47 Å². The first-order valence-electron chi connectivity index (χ1n) is 6.69. The monoisotopic (exact) mass is 317 g/mol. The SMILES string of the molecule is CC(C)(C)OC(=O)N1CCCOCC1c1ccsc1Cl. The fraction of sp³-hybridized carbons (Fsp3) is 0.643. The van der Waals surface area contributed by atoms with E-state index in [0.717, 1.165) is 12.0 Å². The Morgan fingerprint density at radius 3 is 2.90 bits per heavy atom. The van der Waals surface area contributed by atoms with Gasteiger partial charge in [0.2, 0.25) is 0 Å². The van der Waals surface area contributed by atoms with Crippen molar-refractivity contribution < 1.29 is 14.3 Å². The summed E-state index contributed by atoms with van der Waals surface area (Å²) in [7, 11) is 0. The van der Waals surface area contributed by atoms with Gasteiger partial charge in [0.05, 0.1) is 17.0 Å². The summed E-state index contributed by atoms with van der Waals surface area (Å²) in [5.74, 6) is 0. The van der Waals surface area contributed by atoms with Crippen LogP contribution in [0.25, 0.3) is 0 Å². The van der Waals surface area contributed by atoms with Gasteiger partial charge in [0.15, 0.2) is 0 Å². The molecule has 2 heterocycles. The van der Waals surface area contributed by atoms with Crippen molar-refractivity contribution in [2.24, 2.45) is 0 Å². The summed E-state index contributed by atoms with van der Waals surface area (Å²) in [5.41, 5.74) is 0.428. The molecule has 0 aromatic carbocycles. The van der Waals surface area contributed by atoms with Crippen LogP contribution in [-0.2, 0) is 9.47 Å². The molecule has 1 unspecified atom stereocenters. The second-order valence-electron chi connectivity index (χ2n) is 5.77. The summed E-state index contributed by atoms with van der Waals surface area (Å²) in [6.45, 7) is 7.32. The highest BCUT2D eigenvalue weighted by atomic mass is 35.5. The summed E-state index contributed by atoms with van der Waals surface area (Å²) in [4.78, 5) is 14.1. The highest BCUT2D eigenvalue weighted by Gasteiger charge is 2.32. The Labute approximate surface area is 128 Å². The average Bonchev–Trinajstić information content (AvgIpc) is 2.62. The van der Waals surface area contributed by atoms with E-state index >= 15 is 0 Å². The van der Waals surface area contributed by atoms with Crippen molar-refractivity contribution in [3.05, 3.63) is 21.3 Å². The van der Waals surface area contributed by atoms with Crippen LogP contribution in [0, 0.1) is 0 Å². The Kier molecular flexibility index (Phi) is 4.94. The van der Waals surface area contributed by atoms with Gasteiger partial charge >= 0.3 is 6.09 Å². The molecule has 112 valence electrons. The molecule has 2 rings (SSSR count). The number of ether oxygens (including phenoxy) is 2. The molecule has 1 aromatic heterocycles. The van der Waals surface area contributed by atoms with E-state index in [-0.39, 0.29) is 12.1 Å². The predicted octanol–water partition coefficient (Wildman–Crippen LogP) is 4.10. The Morgan fingerprint density at radius 2 is 2.30 bits per heavy atom. The maximum atomic E-state index is 12.4. The molecular formula is C14H20ClNO3S. The zero-order valence-corrected chi connectivity index (χ0v) is 13.6. The van der Waals surface area contributed by atoms with Gasteiger partial charge in [-0.2, -0.15) is 0 Å². The molecule has 6 heteroatoms. The number of amides is 1. The van der Waals surface area contributed by atoms with Gasteiger partial charge in [-0.1, -0.05) is 11.6 Å². The third-order valence-corrected chi connectivity index (χ3v) is 4.17. The van der Waals surface area contributed by atoms with Gasteiger partial charge in [-0.05, 0) is 38.6 Å². The van der Waals surface area contributed by atoms with Crippen LogP contribution in [-0.4, -0.2) is 36.4 Å². The Balaban J connectivity index is 2.22. The number of hydrogen-bond acceptors (Lipinski definition) is 4. The van der Waals surface area contributed by atoms with Crippen molar-refractivity contribution in [1.29, 1.82) is 0 Å². The van der Waals surface area contributed by atoms with Crippen molar-refractivity contribution >= 4 is 29.0 Å². The van der Waals surface area contributed by atoms with Crippen molar-refractivity contribution in [3.8, 4) is 0 Å². The third kappa shape index (κ3) is 3.87. The highest BCUT2D eigenvalue weighted by Crippen LogP contribution is 2.34. The molecule has 1 fully saturated rings. The average molecular weight is 318 g/mol. The van der Waals surface area contributed by atoms with Gasteiger partial charge in [0.25, 0.3) is 0 Å². The van der Waals surface area contributed by atoms with Gasteiger partial charge in [0, 0.05) is 18.7 Å². The minimum Gasteiger partial charge on any atom is -0.444 e. The topological polar surface area (TPSA) is 38.8 Å². The lowest BCUT2D eigenvalue weighted by Gasteiger charge is -2.31. The number of thiophene rings is 1. The Hall–Kier alpha value is -0.780. The lowest BCUT2D eigenvalue weighted by Crippen LogP contribution is -2.40. The summed E-state index contributed by atoms with van der Waals surface area (Å²) < 4.78 is 11.8. The molecule has 1 saturated heterocycles. The summed E-state index contributed by atoms with van der Waals surface area (Å²) in [5, 5.41) is 1.93. The molecule has 1 aromatic rings. The van der Waals surface area contributed by atoms with E-state index in [1.165, 1.54) is 11.3 Å². The van der Waals surface area contributed by atoms with Gasteiger partial charge in [-0.3, -0.25) is 4.90 Å². The smallest absolute Gasteiger partial charge is 0.410 e. The van der Waals surface area contributed by atoms with E-state index in [0.29, 0.717) is 24.1 Å². The highest BCUT2D eigenvalue weighted by molar-refractivity contribution is 7.14. The van der Waals surface area contributed by atoms with Crippen molar-refractivity contribution in [3.63, 3.8) is 0 Å². The fourth-order valence-electron chi connectivity index (χ4n) is 2.12. The molecule has 20 heavy (non-hydrogen) atoms. The lowest BCUT2D eigenvalue weighted by molar-refractivity contribution is 0.0119. The zero-order chi connectivity index (χ0) is 14.8. The Morgan fingerprint density at radius 1 is 1.55 bits per heavy atom. The largest absolute Gasteiger partial charge is 0.444 e. The van der Waals surface area contributed by atoms with Crippen LogP contribution in [0.15, 0.2) is 11.4 Å². The molecular weight excluding hydrogens is 298 g/mol. The third-order valence-electron chi connectivity index (χ3n) is 2.97. The molecule has 1 atom stereocenters. The first-order valence-corrected chi connectivity index (χ1v) is 7.94. The molecule has 1 aliphatic rings. The normalized spacial score (nSPS) is 20.6. The van der Waals surface area contributed by atoms with E-state index in [9.17, 15) is 4.79 Å². The number of carbonyl (C=O) groups is 1. The Bertz CT molecular complexity index is 469. The molecule has 0 bridgehead atoms. The molecule has 4 nitrogen and oxygen atoms in total. The fourth-order valence-corrected chi connectivity index (χ4v) is 3.13. The predicted molar refractivity (Wildman–Crippen MR) is 80.4 cm³/mol. The second-order valence-corrected chi connectivity index (χ2v) is 7.29. The first kappa shape index (κ1) is 15.6. The van der Waals surface area contributed by atoms with Gasteiger partial charge in [0.1, 0.15) is 5.60 Å². The molecule has 1 amide bonds. The minimum absolute atomic E-state index is 0.175. The number of nitrogens with zero attached hydrogens (tertiary/aromatic N) is 1. The molecule has 0 radical (unpaired) electrons. The summed E-state index contributed by atoms with van der Waals surface area (Å²) in [6, 6.07) is 1.77. The molecule has 0 saturated carbocycles. The first-order chi connectivity index (χ1) is 9.38. The minimum atomic E-state index is -0.507. The van der Waals surface area contributed by atoms with E-state index in [1.54, 1.807) is 4.90 Å². The van der Waals surface area contributed by atoms with Crippen molar-refractivity contribution in [2.45, 2.75) is 38.8 Å². The number of halogens is 1. The maximum Gasteiger partial charge on any atom is 0.410 e. The van der Waals surface area contributed by atoms with Gasteiger partial charge in [-0.15, -0.1) is 11.3 Å². The van der Waals surface area contributed by atoms with Crippen LogP contribution in [0.3, 0.4) is 0 Å². The van der Waals surface area contributed by atoms with Crippen molar-refractivity contribution in [2.75, 3.05) is 19.8 Å². The van der Waals surface area contributed by atoms with E-state index in [1.807, 2.05) is 32.2 Å². The number of carbonyl (C=O) groups excluding carboxylic acids is 1. The standard InChI is InChI=1S/C14H20ClNO3S/c1-14(2,3)19-13(17)16-6-4-7-18-9-11(16)10-5-8-20-12(10)15/h5,8,11H,4,6-7,9H2,1-3H3. The maximum absolute atomic E-state index is 12.4. The number of rotatable bonds is 1. The van der Waals surface area contributed by atoms with E-state index in [2.05, 4.69) is 0 Å². The van der Waals surface area contributed by atoms with Crippen LogP contribution in [0.1, 0.15) is 38.8 Å². The van der Waals surface area contributed by atoms with Crippen LogP contribution in [0.5, 0.6) is 0 Å². The van der Waals surface area contributed by atoms with E-state index in [4.69, 9.17) is 21.1 Å². The quantitative estimate of drug-likeness (QED) is 0.782. The van der Waals surface area contributed by atoms with Crippen molar-refractivity contribution in [1.82, 2.24) is 4.90 Å². The molecule has 1 aliphatic heterocycles. The number of hydrogen-bond donors (Lipinski definition) is 0. The van der Waals surface area contributed by atoms with Gasteiger partial charge in [-0.25, -0.2) is 4.79 Å². The van der Waals surface area contributed by atoms with Crippen LogP contribution in [0.2, 0.25) is 4.34 Å². The molecule has 0 spiro atoms. The van der Waals surface area contributed by atoms with Crippen LogP contribution < -0.4 is 0 Å². The zero-order valence-electron chi connectivity index (χ0n) is 12.0. The lowest BCUT2D eigenvalue weighted by atomic mass is 10.1. The van der Waals surface area contributed by atoms with Crippen LogP contribution in [0.4, 0.5) is 4.79 Å². The van der Waals surface area contributed by atoms with Crippen LogP contribution >= 0.6 is 22.9 Å². The summed E-state index contributed by atoms with van der Waals surface area (Å²) in [6.07, 6.45) is 0.493. The molecule has 0 N–H and O–H groups in total. The summed E-state index contributed by atoms with van der Waals surface area (Å²) >= 11 is 7.68.